The number of likely N-dealkylation sites (tertiary alicyclic amines) is 1. The number of carbonyl (C=O) groups is 5. The number of amides is 4. The number of carboxylic acid groups (broad SMARTS) is 1. The third-order valence-electron chi connectivity index (χ3n) is 4.75. The van der Waals surface area contributed by atoms with E-state index in [1.54, 1.807) is 0 Å². The summed E-state index contributed by atoms with van der Waals surface area (Å²) < 4.78 is 0. The van der Waals surface area contributed by atoms with Crippen LogP contribution in [0.4, 0.5) is 0 Å². The van der Waals surface area contributed by atoms with Gasteiger partial charge >= 0.3 is 5.97 Å². The number of thiol groups is 1. The number of aliphatic hydroxyl groups excluding tert-OH is 1. The van der Waals surface area contributed by atoms with Crippen molar-refractivity contribution < 1.29 is 34.2 Å². The summed E-state index contributed by atoms with van der Waals surface area (Å²) in [5.74, 6) is -4.18. The number of nitrogens with zero attached hydrogens (tertiary/aromatic N) is 1. The molecule has 0 bridgehead atoms. The van der Waals surface area contributed by atoms with Crippen LogP contribution in [0, 0.1) is 0 Å². The van der Waals surface area contributed by atoms with Crippen LogP contribution in [0.3, 0.4) is 0 Å². The normalized spacial score (nSPS) is 20.0. The number of carbonyl (C=O) groups excluding carboxylic acids is 4. The molecule has 13 heteroatoms. The van der Waals surface area contributed by atoms with E-state index >= 15 is 0 Å². The number of rotatable bonds is 11. The summed E-state index contributed by atoms with van der Waals surface area (Å²) >= 11 is 4.06. The molecule has 1 aliphatic heterocycles. The molecule has 0 aromatic rings. The van der Waals surface area contributed by atoms with Crippen molar-refractivity contribution >= 4 is 42.2 Å². The third-order valence-corrected chi connectivity index (χ3v) is 5.12. The molecular formula is C17H29N5O7S. The van der Waals surface area contributed by atoms with Crippen LogP contribution >= 0.6 is 12.6 Å². The highest BCUT2D eigenvalue weighted by molar-refractivity contribution is 7.80. The summed E-state index contributed by atoms with van der Waals surface area (Å²) in [4.78, 5) is 61.1. The number of nitrogens with two attached hydrogens (primary N) is 2. The van der Waals surface area contributed by atoms with Crippen molar-refractivity contribution in [3.63, 3.8) is 0 Å². The molecule has 170 valence electrons. The van der Waals surface area contributed by atoms with Crippen LogP contribution in [0.2, 0.25) is 0 Å². The molecular weight excluding hydrogens is 418 g/mol. The smallest absolute Gasteiger partial charge is 0.326 e. The summed E-state index contributed by atoms with van der Waals surface area (Å²) in [7, 11) is 0. The van der Waals surface area contributed by atoms with Gasteiger partial charge in [-0.05, 0) is 26.2 Å². The number of aliphatic hydroxyl groups is 1. The average Bonchev–Trinajstić information content (AvgIpc) is 3.17. The lowest BCUT2D eigenvalue weighted by atomic mass is 10.1. The van der Waals surface area contributed by atoms with Crippen LogP contribution in [-0.4, -0.2) is 87.3 Å². The zero-order valence-electron chi connectivity index (χ0n) is 16.6. The molecule has 1 heterocycles. The fourth-order valence-corrected chi connectivity index (χ4v) is 3.24. The van der Waals surface area contributed by atoms with Crippen molar-refractivity contribution in [3.05, 3.63) is 0 Å². The SMILES string of the molecule is CC(O)C(N)C(=O)NC(CCC(N)=O)C(=O)NC(CS)C(=O)N1CCCC1C(=O)O. The number of nitrogens with one attached hydrogen (secondary N) is 2. The Hall–Kier alpha value is -2.38. The van der Waals surface area contributed by atoms with Crippen LogP contribution in [-0.2, 0) is 24.0 Å². The van der Waals surface area contributed by atoms with Gasteiger partial charge in [-0.3, -0.25) is 19.2 Å². The van der Waals surface area contributed by atoms with Crippen molar-refractivity contribution in [3.8, 4) is 0 Å². The van der Waals surface area contributed by atoms with E-state index in [1.807, 2.05) is 0 Å². The number of carboxylic acids is 1. The second kappa shape index (κ2) is 11.7. The summed E-state index contributed by atoms with van der Waals surface area (Å²) in [6.45, 7) is 1.54. The minimum atomic E-state index is -1.31. The number of hydrogen-bond donors (Lipinski definition) is 7. The lowest BCUT2D eigenvalue weighted by Crippen LogP contribution is -2.58. The van der Waals surface area contributed by atoms with E-state index in [4.69, 9.17) is 11.5 Å². The van der Waals surface area contributed by atoms with Crippen molar-refractivity contribution in [2.45, 2.75) is 62.9 Å². The standard InChI is InChI=1S/C17H29N5O7S/c1-8(23)13(19)15(26)20-9(4-5-12(18)24)14(25)21-10(7-30)16(27)22-6-2-3-11(22)17(28)29/h8-11,13,23,30H,2-7,19H2,1H3,(H2,18,24)(H,20,26)(H,21,25)(H,28,29). The number of hydrogen-bond acceptors (Lipinski definition) is 8. The van der Waals surface area contributed by atoms with Crippen molar-refractivity contribution in [1.82, 2.24) is 15.5 Å². The molecule has 0 radical (unpaired) electrons. The Bertz CT molecular complexity index is 675. The Kier molecular flexibility index (Phi) is 10.0. The Morgan fingerprint density at radius 1 is 1.17 bits per heavy atom. The van der Waals surface area contributed by atoms with E-state index in [1.165, 1.54) is 11.8 Å². The van der Waals surface area contributed by atoms with Gasteiger partial charge in [0.25, 0.3) is 0 Å². The zero-order valence-corrected chi connectivity index (χ0v) is 17.5. The van der Waals surface area contributed by atoms with Gasteiger partial charge in [-0.25, -0.2) is 4.79 Å². The molecule has 5 unspecified atom stereocenters. The molecule has 8 N–H and O–H groups in total. The Morgan fingerprint density at radius 2 is 1.77 bits per heavy atom. The number of aliphatic carboxylic acids is 1. The Morgan fingerprint density at radius 3 is 2.27 bits per heavy atom. The second-order valence-corrected chi connectivity index (χ2v) is 7.47. The number of primary amides is 1. The van der Waals surface area contributed by atoms with E-state index in [0.717, 1.165) is 0 Å². The van der Waals surface area contributed by atoms with E-state index in [-0.39, 0.29) is 25.1 Å². The predicted molar refractivity (Wildman–Crippen MR) is 108 cm³/mol. The molecule has 12 nitrogen and oxygen atoms in total. The highest BCUT2D eigenvalue weighted by atomic mass is 32.1. The summed E-state index contributed by atoms with van der Waals surface area (Å²) in [6.07, 6.45) is -0.740. The van der Waals surface area contributed by atoms with Crippen molar-refractivity contribution in [2.24, 2.45) is 11.5 Å². The molecule has 0 aromatic carbocycles. The summed E-state index contributed by atoms with van der Waals surface area (Å²) in [5.41, 5.74) is 10.7. The molecule has 1 fully saturated rings. The van der Waals surface area contributed by atoms with Gasteiger partial charge in [-0.15, -0.1) is 0 Å². The highest BCUT2D eigenvalue weighted by Gasteiger charge is 2.38. The highest BCUT2D eigenvalue weighted by Crippen LogP contribution is 2.19. The molecule has 4 amide bonds. The topological polar surface area (TPSA) is 205 Å². The molecule has 1 rings (SSSR count). The van der Waals surface area contributed by atoms with Crippen LogP contribution < -0.4 is 22.1 Å². The van der Waals surface area contributed by atoms with E-state index < -0.39 is 59.9 Å². The van der Waals surface area contributed by atoms with Gasteiger partial charge in [0, 0.05) is 18.7 Å². The first-order valence-corrected chi connectivity index (χ1v) is 10.1. The molecule has 0 aliphatic carbocycles. The predicted octanol–water partition coefficient (Wildman–Crippen LogP) is -3.06. The molecule has 0 saturated carbocycles. The molecule has 1 saturated heterocycles. The van der Waals surface area contributed by atoms with Gasteiger partial charge in [0.15, 0.2) is 0 Å². The quantitative estimate of drug-likeness (QED) is 0.161. The van der Waals surface area contributed by atoms with Gasteiger partial charge in [0.05, 0.1) is 6.10 Å². The monoisotopic (exact) mass is 447 g/mol. The minimum absolute atomic E-state index is 0.114. The van der Waals surface area contributed by atoms with Crippen LogP contribution in [0.25, 0.3) is 0 Å². The van der Waals surface area contributed by atoms with E-state index in [0.29, 0.717) is 12.8 Å². The molecule has 0 aromatic heterocycles. The van der Waals surface area contributed by atoms with Gasteiger partial charge < -0.3 is 37.2 Å². The van der Waals surface area contributed by atoms with Gasteiger partial charge in [-0.1, -0.05) is 0 Å². The van der Waals surface area contributed by atoms with Gasteiger partial charge in [-0.2, -0.15) is 12.6 Å². The average molecular weight is 448 g/mol. The van der Waals surface area contributed by atoms with Crippen LogP contribution in [0.5, 0.6) is 0 Å². The Labute approximate surface area is 179 Å². The molecule has 0 spiro atoms. The van der Waals surface area contributed by atoms with E-state index in [2.05, 4.69) is 23.3 Å². The maximum atomic E-state index is 12.7. The fraction of sp³-hybridized carbons (Fsp3) is 0.706. The van der Waals surface area contributed by atoms with Gasteiger partial charge in [0.1, 0.15) is 24.2 Å². The second-order valence-electron chi connectivity index (χ2n) is 7.10. The largest absolute Gasteiger partial charge is 0.480 e. The van der Waals surface area contributed by atoms with Crippen molar-refractivity contribution in [1.29, 1.82) is 0 Å². The van der Waals surface area contributed by atoms with Crippen LogP contribution in [0.15, 0.2) is 0 Å². The van der Waals surface area contributed by atoms with Crippen LogP contribution in [0.1, 0.15) is 32.6 Å². The maximum absolute atomic E-state index is 12.7. The zero-order chi connectivity index (χ0) is 23.0. The van der Waals surface area contributed by atoms with Crippen molar-refractivity contribution in [2.75, 3.05) is 12.3 Å². The Balaban J connectivity index is 2.90. The summed E-state index contributed by atoms with van der Waals surface area (Å²) in [5, 5.41) is 23.5. The molecule has 5 atom stereocenters. The maximum Gasteiger partial charge on any atom is 0.326 e. The minimum Gasteiger partial charge on any atom is -0.480 e. The third kappa shape index (κ3) is 7.15. The van der Waals surface area contributed by atoms with Gasteiger partial charge in [0.2, 0.25) is 23.6 Å². The fourth-order valence-electron chi connectivity index (χ4n) is 2.99. The lowest BCUT2D eigenvalue weighted by molar-refractivity contribution is -0.149. The first-order chi connectivity index (χ1) is 14.0. The molecule has 1 aliphatic rings. The first-order valence-electron chi connectivity index (χ1n) is 9.46. The molecule has 30 heavy (non-hydrogen) atoms. The van der Waals surface area contributed by atoms with E-state index in [9.17, 15) is 34.2 Å². The first kappa shape index (κ1) is 25.7. The lowest BCUT2D eigenvalue weighted by Gasteiger charge is -2.28. The summed E-state index contributed by atoms with van der Waals surface area (Å²) in [6, 6.07) is -4.68.